The second kappa shape index (κ2) is 9.56. The van der Waals surface area contributed by atoms with E-state index in [0.717, 1.165) is 9.87 Å². The minimum absolute atomic E-state index is 0.0500. The van der Waals surface area contributed by atoms with Crippen molar-refractivity contribution in [2.45, 2.75) is 18.7 Å². The van der Waals surface area contributed by atoms with Gasteiger partial charge in [-0.1, -0.05) is 42.0 Å². The number of hydrogen-bond acceptors (Lipinski definition) is 5. The van der Waals surface area contributed by atoms with E-state index in [4.69, 9.17) is 4.74 Å². The maximum Gasteiger partial charge on any atom is 0.264 e. The van der Waals surface area contributed by atoms with Crippen LogP contribution >= 0.6 is 0 Å². The van der Waals surface area contributed by atoms with E-state index in [1.807, 2.05) is 6.92 Å². The predicted octanol–water partition coefficient (Wildman–Crippen LogP) is 3.57. The summed E-state index contributed by atoms with van der Waals surface area (Å²) in [7, 11) is -4.13. The van der Waals surface area contributed by atoms with E-state index >= 15 is 0 Å². The summed E-state index contributed by atoms with van der Waals surface area (Å²) in [5.41, 5.74) is 2.16. The first-order valence-electron chi connectivity index (χ1n) is 10.8. The summed E-state index contributed by atoms with van der Waals surface area (Å²) in [4.78, 5) is 27.1. The largest absolute Gasteiger partial charge is 0.492 e. The van der Waals surface area contributed by atoms with Crippen molar-refractivity contribution >= 4 is 38.9 Å². The van der Waals surface area contributed by atoms with Crippen molar-refractivity contribution in [3.8, 4) is 5.75 Å². The van der Waals surface area contributed by atoms with Crippen LogP contribution in [0.4, 0.5) is 17.1 Å². The molecule has 0 bridgehead atoms. The molecule has 1 aliphatic rings. The van der Waals surface area contributed by atoms with Crippen molar-refractivity contribution in [3.05, 3.63) is 78.4 Å². The molecule has 9 heteroatoms. The molecule has 0 aromatic heterocycles. The van der Waals surface area contributed by atoms with E-state index in [1.165, 1.54) is 17.0 Å². The molecule has 0 fully saturated rings. The molecular formula is C25H25N3O5S. The average molecular weight is 480 g/mol. The summed E-state index contributed by atoms with van der Waals surface area (Å²) in [6.07, 6.45) is 0. The van der Waals surface area contributed by atoms with E-state index < -0.39 is 22.5 Å². The summed E-state index contributed by atoms with van der Waals surface area (Å²) >= 11 is 0. The van der Waals surface area contributed by atoms with Crippen LogP contribution in [0.2, 0.25) is 0 Å². The molecule has 3 aromatic carbocycles. The number of hydrogen-bond donors (Lipinski definition) is 1. The Labute approximate surface area is 198 Å². The predicted molar refractivity (Wildman–Crippen MR) is 131 cm³/mol. The number of carbonyl (C=O) groups excluding carboxylic acids is 2. The minimum atomic E-state index is -4.13. The monoisotopic (exact) mass is 479 g/mol. The topological polar surface area (TPSA) is 96.0 Å². The lowest BCUT2D eigenvalue weighted by Crippen LogP contribution is -2.48. The highest BCUT2D eigenvalue weighted by atomic mass is 32.2. The van der Waals surface area contributed by atoms with Crippen LogP contribution in [0, 0.1) is 6.92 Å². The first-order chi connectivity index (χ1) is 16.3. The van der Waals surface area contributed by atoms with Crippen molar-refractivity contribution in [2.24, 2.45) is 0 Å². The molecule has 0 spiro atoms. The highest BCUT2D eigenvalue weighted by Gasteiger charge is 2.33. The normalized spacial score (nSPS) is 13.1. The fourth-order valence-electron chi connectivity index (χ4n) is 3.74. The molecule has 1 N–H and O–H groups in total. The van der Waals surface area contributed by atoms with E-state index in [-0.39, 0.29) is 23.0 Å². The summed E-state index contributed by atoms with van der Waals surface area (Å²) in [5, 5.41) is 2.73. The van der Waals surface area contributed by atoms with Crippen LogP contribution in [0.3, 0.4) is 0 Å². The fourth-order valence-corrected chi connectivity index (χ4v) is 5.17. The molecule has 0 radical (unpaired) electrons. The van der Waals surface area contributed by atoms with Gasteiger partial charge in [0, 0.05) is 0 Å². The number of ether oxygens (including phenoxy) is 1. The first-order valence-corrected chi connectivity index (χ1v) is 12.3. The smallest absolute Gasteiger partial charge is 0.264 e. The quantitative estimate of drug-likeness (QED) is 0.559. The van der Waals surface area contributed by atoms with Gasteiger partial charge in [0.25, 0.3) is 10.0 Å². The Bertz CT molecular complexity index is 1320. The number of carbonyl (C=O) groups is 2. The molecule has 1 aliphatic heterocycles. The summed E-state index contributed by atoms with van der Waals surface area (Å²) in [5.74, 6) is -0.552. The number of para-hydroxylation sites is 4. The van der Waals surface area contributed by atoms with Crippen molar-refractivity contribution in [1.82, 2.24) is 0 Å². The number of aryl methyl sites for hydroxylation is 1. The third kappa shape index (κ3) is 4.60. The van der Waals surface area contributed by atoms with E-state index in [2.05, 4.69) is 5.32 Å². The second-order valence-corrected chi connectivity index (χ2v) is 9.63. The van der Waals surface area contributed by atoms with Gasteiger partial charge in [-0.15, -0.1) is 0 Å². The molecule has 8 nitrogen and oxygen atoms in total. The van der Waals surface area contributed by atoms with Crippen LogP contribution in [-0.4, -0.2) is 39.9 Å². The van der Waals surface area contributed by atoms with Gasteiger partial charge in [0.15, 0.2) is 0 Å². The number of rotatable bonds is 7. The van der Waals surface area contributed by atoms with Gasteiger partial charge < -0.3 is 10.1 Å². The molecule has 0 atom stereocenters. The van der Waals surface area contributed by atoms with E-state index in [1.54, 1.807) is 67.6 Å². The fraction of sp³-hybridized carbons (Fsp3) is 0.200. The summed E-state index contributed by atoms with van der Waals surface area (Å²) < 4.78 is 34.2. The Balaban J connectivity index is 1.77. The Morgan fingerprint density at radius 2 is 1.71 bits per heavy atom. The Hall–Kier alpha value is -3.85. The highest BCUT2D eigenvalue weighted by molar-refractivity contribution is 7.92. The number of benzene rings is 3. The molecule has 176 valence electrons. The molecule has 0 saturated heterocycles. The van der Waals surface area contributed by atoms with Gasteiger partial charge in [0.1, 0.15) is 18.8 Å². The third-order valence-electron chi connectivity index (χ3n) is 5.39. The summed E-state index contributed by atoms with van der Waals surface area (Å²) in [6.45, 7) is 3.26. The average Bonchev–Trinajstić information content (AvgIpc) is 2.82. The van der Waals surface area contributed by atoms with Crippen LogP contribution in [0.25, 0.3) is 0 Å². The van der Waals surface area contributed by atoms with Crippen molar-refractivity contribution in [3.63, 3.8) is 0 Å². The number of anilines is 3. The maximum absolute atomic E-state index is 13.7. The lowest BCUT2D eigenvalue weighted by molar-refractivity contribution is -0.121. The first kappa shape index (κ1) is 23.3. The van der Waals surface area contributed by atoms with Crippen LogP contribution in [0.15, 0.2) is 77.7 Å². The Morgan fingerprint density at radius 3 is 2.44 bits per heavy atom. The van der Waals surface area contributed by atoms with Crippen LogP contribution < -0.4 is 19.3 Å². The summed E-state index contributed by atoms with van der Waals surface area (Å²) in [6, 6.07) is 20.0. The van der Waals surface area contributed by atoms with E-state index in [0.29, 0.717) is 23.7 Å². The highest BCUT2D eigenvalue weighted by Crippen LogP contribution is 2.34. The molecule has 0 unspecified atom stereocenters. The molecule has 4 rings (SSSR count). The molecule has 3 aromatic rings. The van der Waals surface area contributed by atoms with Crippen molar-refractivity contribution in [1.29, 1.82) is 0 Å². The van der Waals surface area contributed by atoms with Gasteiger partial charge in [-0.05, 0) is 50.2 Å². The van der Waals surface area contributed by atoms with Gasteiger partial charge in [0.2, 0.25) is 11.8 Å². The standard InChI is InChI=1S/C25H25N3O5S/c1-3-33-23-11-7-6-10-22(23)28(34(31,32)19-14-12-18(2)13-15-19)17-25(30)27-16-24(29)26-20-8-4-5-9-21(20)27/h4-15H,3,16-17H2,1-2H3,(H,26,29). The minimum Gasteiger partial charge on any atom is -0.492 e. The molecular weight excluding hydrogens is 454 g/mol. The molecule has 34 heavy (non-hydrogen) atoms. The van der Waals surface area contributed by atoms with Gasteiger partial charge >= 0.3 is 0 Å². The Kier molecular flexibility index (Phi) is 6.56. The molecule has 0 saturated carbocycles. The van der Waals surface area contributed by atoms with Gasteiger partial charge in [0.05, 0.1) is 28.6 Å². The third-order valence-corrected chi connectivity index (χ3v) is 7.17. The lowest BCUT2D eigenvalue weighted by atomic mass is 10.2. The van der Waals surface area contributed by atoms with Crippen LogP contribution in [0.1, 0.15) is 12.5 Å². The van der Waals surface area contributed by atoms with Crippen molar-refractivity contribution in [2.75, 3.05) is 34.2 Å². The second-order valence-electron chi connectivity index (χ2n) is 7.77. The molecule has 1 heterocycles. The lowest BCUT2D eigenvalue weighted by Gasteiger charge is -2.32. The van der Waals surface area contributed by atoms with Crippen LogP contribution in [0.5, 0.6) is 5.75 Å². The van der Waals surface area contributed by atoms with Gasteiger partial charge in [-0.25, -0.2) is 8.42 Å². The van der Waals surface area contributed by atoms with Gasteiger partial charge in [-0.2, -0.15) is 0 Å². The van der Waals surface area contributed by atoms with Crippen LogP contribution in [-0.2, 0) is 19.6 Å². The zero-order valence-corrected chi connectivity index (χ0v) is 19.7. The number of sulfonamides is 1. The number of nitrogens with one attached hydrogen (secondary N) is 1. The zero-order chi connectivity index (χ0) is 24.3. The number of fused-ring (bicyclic) bond motifs is 1. The zero-order valence-electron chi connectivity index (χ0n) is 18.9. The Morgan fingerprint density at radius 1 is 1.03 bits per heavy atom. The van der Waals surface area contributed by atoms with Crippen molar-refractivity contribution < 1.29 is 22.7 Å². The SMILES string of the molecule is CCOc1ccccc1N(CC(=O)N1CC(=O)Nc2ccccc21)S(=O)(=O)c1ccc(C)cc1. The number of amides is 2. The number of nitrogens with zero attached hydrogens (tertiary/aromatic N) is 2. The molecule has 0 aliphatic carbocycles. The maximum atomic E-state index is 13.7. The van der Waals surface area contributed by atoms with E-state index in [9.17, 15) is 18.0 Å². The molecule has 2 amide bonds. The van der Waals surface area contributed by atoms with Gasteiger partial charge in [-0.3, -0.25) is 18.8 Å².